The van der Waals surface area contributed by atoms with Crippen molar-refractivity contribution in [3.05, 3.63) is 47.8 Å². The van der Waals surface area contributed by atoms with Crippen molar-refractivity contribution in [1.29, 1.82) is 0 Å². The first-order valence-corrected chi connectivity index (χ1v) is 8.82. The monoisotopic (exact) mass is 324 g/mol. The van der Waals surface area contributed by atoms with E-state index in [1.165, 1.54) is 11.1 Å². The van der Waals surface area contributed by atoms with Gasteiger partial charge in [0.15, 0.2) is 0 Å². The summed E-state index contributed by atoms with van der Waals surface area (Å²) in [6.07, 6.45) is 7.14. The molecule has 1 saturated heterocycles. The zero-order valence-electron chi connectivity index (χ0n) is 14.2. The van der Waals surface area contributed by atoms with Gasteiger partial charge in [-0.3, -0.25) is 9.48 Å². The Balaban J connectivity index is 1.44. The minimum absolute atomic E-state index is 0.0555. The molecule has 2 aliphatic rings. The minimum Gasteiger partial charge on any atom is -0.365 e. The first-order valence-electron chi connectivity index (χ1n) is 8.82. The summed E-state index contributed by atoms with van der Waals surface area (Å²) in [6.45, 7) is 3.36. The fourth-order valence-electron chi connectivity index (χ4n) is 3.99. The summed E-state index contributed by atoms with van der Waals surface area (Å²) < 4.78 is 1.83. The van der Waals surface area contributed by atoms with Crippen molar-refractivity contribution in [2.75, 3.05) is 31.1 Å². The SMILES string of the molecule is Cn1cc(N2CCN(C(=O)[C@H]3CCCc4ccccc43)CC2)cn1. The zero-order valence-corrected chi connectivity index (χ0v) is 14.2. The summed E-state index contributed by atoms with van der Waals surface area (Å²) in [7, 11) is 1.93. The molecule has 1 aliphatic carbocycles. The van der Waals surface area contributed by atoms with Crippen molar-refractivity contribution in [3.8, 4) is 0 Å². The van der Waals surface area contributed by atoms with Gasteiger partial charge in [0.2, 0.25) is 5.91 Å². The lowest BCUT2D eigenvalue weighted by atomic mass is 9.82. The van der Waals surface area contributed by atoms with Gasteiger partial charge in [0, 0.05) is 39.4 Å². The van der Waals surface area contributed by atoms with Gasteiger partial charge in [-0.1, -0.05) is 24.3 Å². The predicted molar refractivity (Wildman–Crippen MR) is 94.1 cm³/mol. The topological polar surface area (TPSA) is 41.4 Å². The molecule has 1 atom stereocenters. The van der Waals surface area contributed by atoms with E-state index in [1.807, 2.05) is 24.1 Å². The number of carbonyl (C=O) groups is 1. The predicted octanol–water partition coefficient (Wildman–Crippen LogP) is 2.19. The number of amides is 1. The average molecular weight is 324 g/mol. The van der Waals surface area contributed by atoms with Crippen LogP contribution >= 0.6 is 0 Å². The third-order valence-electron chi connectivity index (χ3n) is 5.32. The minimum atomic E-state index is 0.0555. The Morgan fingerprint density at radius 1 is 1.17 bits per heavy atom. The average Bonchev–Trinajstić information content (AvgIpc) is 3.07. The number of carbonyl (C=O) groups excluding carboxylic acids is 1. The Kier molecular flexibility index (Phi) is 4.00. The van der Waals surface area contributed by atoms with Crippen LogP contribution in [-0.2, 0) is 18.3 Å². The highest BCUT2D eigenvalue weighted by Gasteiger charge is 2.31. The molecule has 1 aromatic carbocycles. The number of aromatic nitrogens is 2. The lowest BCUT2D eigenvalue weighted by Gasteiger charge is -2.38. The third kappa shape index (κ3) is 2.79. The number of aryl methyl sites for hydroxylation is 2. The normalized spacial score (nSPS) is 20.8. The standard InChI is InChI=1S/C19H24N4O/c1-21-14-16(13-20-21)22-9-11-23(12-10-22)19(24)18-8-4-6-15-5-2-3-7-17(15)18/h2-3,5,7,13-14,18H,4,6,8-12H2,1H3/t18-/m0/s1. The molecule has 2 heterocycles. The summed E-state index contributed by atoms with van der Waals surface area (Å²) in [4.78, 5) is 17.4. The summed E-state index contributed by atoms with van der Waals surface area (Å²) >= 11 is 0. The van der Waals surface area contributed by atoms with E-state index in [2.05, 4.69) is 39.2 Å². The van der Waals surface area contributed by atoms with Crippen LogP contribution in [0, 0.1) is 0 Å². The maximum absolute atomic E-state index is 13.1. The smallest absolute Gasteiger partial charge is 0.230 e. The van der Waals surface area contributed by atoms with E-state index in [0.29, 0.717) is 5.91 Å². The van der Waals surface area contributed by atoms with Crippen LogP contribution in [0.1, 0.15) is 29.9 Å². The second-order valence-corrected chi connectivity index (χ2v) is 6.83. The van der Waals surface area contributed by atoms with Gasteiger partial charge >= 0.3 is 0 Å². The molecule has 5 heteroatoms. The van der Waals surface area contributed by atoms with Gasteiger partial charge in [-0.25, -0.2) is 0 Å². The van der Waals surface area contributed by atoms with E-state index in [4.69, 9.17) is 0 Å². The fraction of sp³-hybridized carbons (Fsp3) is 0.474. The van der Waals surface area contributed by atoms with Crippen LogP contribution in [0.2, 0.25) is 0 Å². The third-order valence-corrected chi connectivity index (χ3v) is 5.32. The molecule has 1 fully saturated rings. The second kappa shape index (κ2) is 6.30. The molecule has 0 bridgehead atoms. The number of piperazine rings is 1. The number of rotatable bonds is 2. The highest BCUT2D eigenvalue weighted by atomic mass is 16.2. The zero-order chi connectivity index (χ0) is 16.5. The van der Waals surface area contributed by atoms with Crippen molar-refractivity contribution in [2.24, 2.45) is 7.05 Å². The molecule has 0 radical (unpaired) electrons. The molecule has 126 valence electrons. The first kappa shape index (κ1) is 15.2. The molecule has 1 aromatic heterocycles. The summed E-state index contributed by atoms with van der Waals surface area (Å²) in [5, 5.41) is 4.24. The first-order chi connectivity index (χ1) is 11.7. The molecule has 2 aromatic rings. The Morgan fingerprint density at radius 3 is 2.71 bits per heavy atom. The van der Waals surface area contributed by atoms with Gasteiger partial charge < -0.3 is 9.80 Å². The van der Waals surface area contributed by atoms with Crippen molar-refractivity contribution in [2.45, 2.75) is 25.2 Å². The van der Waals surface area contributed by atoms with E-state index in [0.717, 1.165) is 51.1 Å². The molecular weight excluding hydrogens is 300 g/mol. The molecule has 0 unspecified atom stereocenters. The number of anilines is 1. The van der Waals surface area contributed by atoms with Crippen molar-refractivity contribution < 1.29 is 4.79 Å². The van der Waals surface area contributed by atoms with Gasteiger partial charge in [0.05, 0.1) is 17.8 Å². The molecule has 1 amide bonds. The quantitative estimate of drug-likeness (QED) is 0.850. The van der Waals surface area contributed by atoms with E-state index >= 15 is 0 Å². The molecule has 4 rings (SSSR count). The summed E-state index contributed by atoms with van der Waals surface area (Å²) in [5.41, 5.74) is 3.76. The van der Waals surface area contributed by atoms with Crippen LogP contribution in [0.5, 0.6) is 0 Å². The maximum atomic E-state index is 13.1. The van der Waals surface area contributed by atoms with E-state index in [-0.39, 0.29) is 5.92 Å². The second-order valence-electron chi connectivity index (χ2n) is 6.83. The number of benzene rings is 1. The Morgan fingerprint density at radius 2 is 1.96 bits per heavy atom. The van der Waals surface area contributed by atoms with Crippen LogP contribution in [-0.4, -0.2) is 46.8 Å². The molecule has 1 aliphatic heterocycles. The number of hydrogen-bond donors (Lipinski definition) is 0. The number of hydrogen-bond acceptors (Lipinski definition) is 3. The fourth-order valence-corrected chi connectivity index (χ4v) is 3.99. The number of nitrogens with zero attached hydrogens (tertiary/aromatic N) is 4. The van der Waals surface area contributed by atoms with E-state index < -0.39 is 0 Å². The van der Waals surface area contributed by atoms with Crippen LogP contribution < -0.4 is 4.90 Å². The molecule has 0 saturated carbocycles. The van der Waals surface area contributed by atoms with Gasteiger partial charge in [-0.15, -0.1) is 0 Å². The van der Waals surface area contributed by atoms with Crippen molar-refractivity contribution in [3.63, 3.8) is 0 Å². The van der Waals surface area contributed by atoms with Crippen LogP contribution in [0.3, 0.4) is 0 Å². The van der Waals surface area contributed by atoms with Crippen molar-refractivity contribution >= 4 is 11.6 Å². The van der Waals surface area contributed by atoms with Crippen molar-refractivity contribution in [1.82, 2.24) is 14.7 Å². The van der Waals surface area contributed by atoms with Gasteiger partial charge in [0.25, 0.3) is 0 Å². The van der Waals surface area contributed by atoms with Gasteiger partial charge in [0.1, 0.15) is 0 Å². The Bertz CT molecular complexity index is 730. The highest BCUT2D eigenvalue weighted by molar-refractivity contribution is 5.84. The maximum Gasteiger partial charge on any atom is 0.230 e. The number of fused-ring (bicyclic) bond motifs is 1. The molecular formula is C19H24N4O. The van der Waals surface area contributed by atoms with Crippen LogP contribution in [0.4, 0.5) is 5.69 Å². The largest absolute Gasteiger partial charge is 0.365 e. The lowest BCUT2D eigenvalue weighted by Crippen LogP contribution is -2.50. The Labute approximate surface area is 142 Å². The molecule has 5 nitrogen and oxygen atoms in total. The molecule has 0 spiro atoms. The highest BCUT2D eigenvalue weighted by Crippen LogP contribution is 2.33. The van der Waals surface area contributed by atoms with E-state index in [9.17, 15) is 4.79 Å². The summed E-state index contributed by atoms with van der Waals surface area (Å²) in [5.74, 6) is 0.368. The Hall–Kier alpha value is -2.30. The van der Waals surface area contributed by atoms with Gasteiger partial charge in [-0.2, -0.15) is 5.10 Å². The molecule has 0 N–H and O–H groups in total. The lowest BCUT2D eigenvalue weighted by molar-refractivity contribution is -0.133. The summed E-state index contributed by atoms with van der Waals surface area (Å²) in [6, 6.07) is 8.46. The van der Waals surface area contributed by atoms with Gasteiger partial charge in [-0.05, 0) is 30.4 Å². The van der Waals surface area contributed by atoms with E-state index in [1.54, 1.807) is 0 Å². The van der Waals surface area contributed by atoms with Crippen LogP contribution in [0.25, 0.3) is 0 Å². The molecule has 24 heavy (non-hydrogen) atoms. The van der Waals surface area contributed by atoms with Crippen LogP contribution in [0.15, 0.2) is 36.7 Å².